The summed E-state index contributed by atoms with van der Waals surface area (Å²) in [6, 6.07) is 44.4. The molecular formula is C49H41NS2. The Hall–Kier alpha value is -4.96. The van der Waals surface area contributed by atoms with Crippen molar-refractivity contribution in [2.45, 2.75) is 42.9 Å². The van der Waals surface area contributed by atoms with Gasteiger partial charge in [-0.05, 0) is 107 Å². The van der Waals surface area contributed by atoms with Crippen LogP contribution in [0.3, 0.4) is 0 Å². The summed E-state index contributed by atoms with van der Waals surface area (Å²) >= 11 is 3.86. The third kappa shape index (κ3) is 5.41. The lowest BCUT2D eigenvalue weighted by molar-refractivity contribution is 0.645. The van der Waals surface area contributed by atoms with Crippen LogP contribution in [-0.2, 0) is 5.41 Å². The van der Waals surface area contributed by atoms with Crippen LogP contribution >= 0.6 is 23.5 Å². The van der Waals surface area contributed by atoms with Crippen molar-refractivity contribution in [1.82, 2.24) is 4.57 Å². The molecule has 254 valence electrons. The van der Waals surface area contributed by atoms with E-state index in [-0.39, 0.29) is 0 Å². The fraction of sp³-hybridized carbons (Fsp3) is 0.143. The van der Waals surface area contributed by atoms with Crippen LogP contribution in [0.25, 0.3) is 44.2 Å². The molecule has 1 aliphatic carbocycles. The van der Waals surface area contributed by atoms with Crippen molar-refractivity contribution < 1.29 is 0 Å². The molecule has 6 aromatic rings. The number of rotatable bonds is 3. The minimum absolute atomic E-state index is 0.448. The molecule has 3 heteroatoms. The summed E-state index contributed by atoms with van der Waals surface area (Å²) in [7, 11) is 0. The Kier molecular flexibility index (Phi) is 8.78. The van der Waals surface area contributed by atoms with Gasteiger partial charge in [0.2, 0.25) is 0 Å². The highest BCUT2D eigenvalue weighted by Crippen LogP contribution is 2.60. The molecule has 1 nitrogen and oxygen atoms in total. The standard InChI is InChI=1S/C49H41NS2/c1-34-17-13-14-32-51-33-37(39-23-15-27-44-47(39)41-22-9-11-26-43(41)50(44)38-20-7-4-8-21-38)31-30-35(2)49(34)42-25-10-12-28-45(42)52-46-29-16-24-40(48(46)49)36-18-5-3-6-19-36/h3-11,13-27,29,33H,2,12,28,30-32H2,1H3/b14-13-,34-17+,37-33+. The predicted molar refractivity (Wildman–Crippen MR) is 227 cm³/mol. The average Bonchev–Trinajstić information content (AvgIpc) is 3.54. The maximum Gasteiger partial charge on any atom is 0.0644 e. The lowest BCUT2D eigenvalue weighted by Crippen LogP contribution is -2.36. The molecule has 0 saturated carbocycles. The average molecular weight is 708 g/mol. The summed E-state index contributed by atoms with van der Waals surface area (Å²) < 4.78 is 2.42. The van der Waals surface area contributed by atoms with E-state index in [1.807, 2.05) is 23.5 Å². The van der Waals surface area contributed by atoms with E-state index in [4.69, 9.17) is 6.58 Å². The number of fused-ring (bicyclic) bond motifs is 6. The Morgan fingerprint density at radius 2 is 1.46 bits per heavy atom. The molecule has 3 heterocycles. The Morgan fingerprint density at radius 1 is 0.712 bits per heavy atom. The molecule has 0 N–H and O–H groups in total. The quantitative estimate of drug-likeness (QED) is 0.169. The molecule has 2 aliphatic heterocycles. The van der Waals surface area contributed by atoms with Crippen LogP contribution < -0.4 is 0 Å². The van der Waals surface area contributed by atoms with E-state index in [9.17, 15) is 0 Å². The van der Waals surface area contributed by atoms with E-state index in [2.05, 4.69) is 169 Å². The highest BCUT2D eigenvalue weighted by molar-refractivity contribution is 8.03. The van der Waals surface area contributed by atoms with Crippen molar-refractivity contribution in [3.8, 4) is 16.8 Å². The second kappa shape index (κ2) is 13.9. The van der Waals surface area contributed by atoms with Crippen molar-refractivity contribution in [2.24, 2.45) is 0 Å². The zero-order chi connectivity index (χ0) is 35.1. The van der Waals surface area contributed by atoms with Crippen molar-refractivity contribution in [2.75, 3.05) is 5.75 Å². The third-order valence-electron chi connectivity index (χ3n) is 11.0. The minimum atomic E-state index is -0.448. The van der Waals surface area contributed by atoms with E-state index in [1.54, 1.807) is 0 Å². The second-order valence-corrected chi connectivity index (χ2v) is 16.0. The largest absolute Gasteiger partial charge is 0.309 e. The van der Waals surface area contributed by atoms with Gasteiger partial charge in [0.15, 0.2) is 0 Å². The van der Waals surface area contributed by atoms with Gasteiger partial charge >= 0.3 is 0 Å². The van der Waals surface area contributed by atoms with Crippen LogP contribution in [0.2, 0.25) is 0 Å². The Bertz CT molecular complexity index is 2510. The topological polar surface area (TPSA) is 4.93 Å². The number of hydrogen-bond acceptors (Lipinski definition) is 2. The van der Waals surface area contributed by atoms with Gasteiger partial charge in [0.05, 0.1) is 16.4 Å². The molecule has 1 unspecified atom stereocenters. The lowest BCUT2D eigenvalue weighted by Gasteiger charge is -2.46. The molecular weight excluding hydrogens is 667 g/mol. The number of benzene rings is 5. The zero-order valence-electron chi connectivity index (χ0n) is 29.5. The summed E-state index contributed by atoms with van der Waals surface area (Å²) in [5.74, 6) is 0.915. The van der Waals surface area contributed by atoms with E-state index in [0.717, 1.165) is 31.4 Å². The van der Waals surface area contributed by atoms with Crippen LogP contribution in [-0.4, -0.2) is 10.3 Å². The van der Waals surface area contributed by atoms with Crippen molar-refractivity contribution in [3.05, 3.63) is 196 Å². The normalized spacial score (nSPS) is 21.8. The molecule has 0 radical (unpaired) electrons. The smallest absolute Gasteiger partial charge is 0.0644 e. The molecule has 0 saturated heterocycles. The molecule has 0 amide bonds. The van der Waals surface area contributed by atoms with Crippen LogP contribution in [0.15, 0.2) is 190 Å². The molecule has 1 spiro atoms. The van der Waals surface area contributed by atoms with Gasteiger partial charge in [-0.2, -0.15) is 0 Å². The molecule has 52 heavy (non-hydrogen) atoms. The maximum absolute atomic E-state index is 5.10. The van der Waals surface area contributed by atoms with Gasteiger partial charge in [-0.1, -0.05) is 151 Å². The summed E-state index contributed by atoms with van der Waals surface area (Å²) in [4.78, 5) is 2.83. The van der Waals surface area contributed by atoms with Crippen molar-refractivity contribution in [3.63, 3.8) is 0 Å². The third-order valence-corrected chi connectivity index (χ3v) is 13.1. The van der Waals surface area contributed by atoms with Gasteiger partial charge in [0.1, 0.15) is 0 Å². The molecule has 3 aliphatic rings. The predicted octanol–water partition coefficient (Wildman–Crippen LogP) is 14.0. The number of hydrogen-bond donors (Lipinski definition) is 0. The van der Waals surface area contributed by atoms with E-state index in [0.29, 0.717) is 0 Å². The van der Waals surface area contributed by atoms with Crippen LogP contribution in [0.1, 0.15) is 43.7 Å². The second-order valence-electron chi connectivity index (χ2n) is 13.9. The van der Waals surface area contributed by atoms with Gasteiger partial charge < -0.3 is 4.57 Å². The summed E-state index contributed by atoms with van der Waals surface area (Å²) in [5.41, 5.74) is 13.8. The molecule has 9 rings (SSSR count). The van der Waals surface area contributed by atoms with Gasteiger partial charge in [-0.15, -0.1) is 11.8 Å². The van der Waals surface area contributed by atoms with Crippen LogP contribution in [0.4, 0.5) is 0 Å². The summed E-state index contributed by atoms with van der Waals surface area (Å²) in [5, 5.41) is 5.03. The SMILES string of the molecule is C=C1CC/C(c2cccc3c2c2ccccc2n3-c2ccccc2)=C\SC/C=C\C=C(/C)C12C1=C(CCC=C1)Sc1cccc(-c3ccccc3)c12. The van der Waals surface area contributed by atoms with E-state index >= 15 is 0 Å². The highest BCUT2D eigenvalue weighted by Gasteiger charge is 2.47. The van der Waals surface area contributed by atoms with Gasteiger partial charge in [0, 0.05) is 27.1 Å². The van der Waals surface area contributed by atoms with E-state index in [1.165, 1.54) is 81.8 Å². The fourth-order valence-corrected chi connectivity index (χ4v) is 10.8. The Labute approximate surface area is 315 Å². The molecule has 1 aromatic heterocycles. The minimum Gasteiger partial charge on any atom is -0.309 e. The first-order chi connectivity index (χ1) is 25.7. The first kappa shape index (κ1) is 32.9. The lowest BCUT2D eigenvalue weighted by atomic mass is 9.60. The van der Waals surface area contributed by atoms with Gasteiger partial charge in [-0.25, -0.2) is 0 Å². The fourth-order valence-electron chi connectivity index (χ4n) is 8.74. The first-order valence-corrected chi connectivity index (χ1v) is 20.2. The van der Waals surface area contributed by atoms with E-state index < -0.39 is 5.41 Å². The number of nitrogens with zero attached hydrogens (tertiary/aromatic N) is 1. The van der Waals surface area contributed by atoms with Gasteiger partial charge in [-0.3, -0.25) is 0 Å². The number of para-hydroxylation sites is 2. The number of aromatic nitrogens is 1. The Morgan fingerprint density at radius 3 is 2.33 bits per heavy atom. The number of allylic oxidation sites excluding steroid dienone is 9. The summed E-state index contributed by atoms with van der Waals surface area (Å²) in [6.07, 6.45) is 15.7. The first-order valence-electron chi connectivity index (χ1n) is 18.3. The monoisotopic (exact) mass is 707 g/mol. The zero-order valence-corrected chi connectivity index (χ0v) is 31.2. The van der Waals surface area contributed by atoms with Crippen molar-refractivity contribution >= 4 is 50.9 Å². The maximum atomic E-state index is 5.10. The highest BCUT2D eigenvalue weighted by atomic mass is 32.2. The molecule has 0 fully saturated rings. The van der Waals surface area contributed by atoms with Crippen LogP contribution in [0, 0.1) is 0 Å². The molecule has 1 atom stereocenters. The van der Waals surface area contributed by atoms with Crippen LogP contribution in [0.5, 0.6) is 0 Å². The molecule has 5 aromatic carbocycles. The Balaban J connectivity index is 1.23. The van der Waals surface area contributed by atoms with Gasteiger partial charge in [0.25, 0.3) is 0 Å². The molecule has 0 bridgehead atoms. The number of thioether (sulfide) groups is 2. The summed E-state index contributed by atoms with van der Waals surface area (Å²) in [6.45, 7) is 7.44. The van der Waals surface area contributed by atoms with Crippen molar-refractivity contribution in [1.29, 1.82) is 0 Å².